The van der Waals surface area contributed by atoms with E-state index in [0.29, 0.717) is 34.3 Å². The van der Waals surface area contributed by atoms with Crippen LogP contribution in [0.3, 0.4) is 0 Å². The number of hydrogen-bond acceptors (Lipinski definition) is 4. The van der Waals surface area contributed by atoms with E-state index in [0.717, 1.165) is 11.1 Å². The molecule has 3 N–H and O–H groups in total. The number of aromatic hydroxyl groups is 1. The minimum absolute atomic E-state index is 0.0466. The van der Waals surface area contributed by atoms with Crippen LogP contribution in [0.2, 0.25) is 0 Å². The van der Waals surface area contributed by atoms with Crippen molar-refractivity contribution in [2.75, 3.05) is 6.61 Å². The van der Waals surface area contributed by atoms with Crippen molar-refractivity contribution in [1.82, 2.24) is 10.6 Å². The quantitative estimate of drug-likeness (QED) is 0.392. The zero-order valence-electron chi connectivity index (χ0n) is 17.0. The van der Waals surface area contributed by atoms with Crippen LogP contribution in [-0.2, 0) is 0 Å². The van der Waals surface area contributed by atoms with Gasteiger partial charge in [0.1, 0.15) is 0 Å². The molecule has 31 heavy (non-hydrogen) atoms. The summed E-state index contributed by atoms with van der Waals surface area (Å²) in [5.41, 5.74) is 3.40. The summed E-state index contributed by atoms with van der Waals surface area (Å²) in [5.74, 6) is 0.294. The van der Waals surface area contributed by atoms with Crippen molar-refractivity contribution in [2.24, 2.45) is 0 Å². The van der Waals surface area contributed by atoms with Crippen LogP contribution in [0.1, 0.15) is 34.5 Å². The number of hydrogen-bond donors (Lipinski definition) is 3. The van der Waals surface area contributed by atoms with E-state index in [1.54, 1.807) is 30.3 Å². The van der Waals surface area contributed by atoms with Gasteiger partial charge in [0.25, 0.3) is 0 Å². The van der Waals surface area contributed by atoms with Crippen LogP contribution in [0.15, 0.2) is 84.4 Å². The number of thiocarbonyl (C=S) groups is 1. The molecule has 1 heterocycles. The monoisotopic (exact) mass is 430 g/mol. The maximum Gasteiger partial charge on any atom is 0.193 e. The number of phenolic OH excluding ortho intramolecular Hbond substituents is 1. The molecule has 0 saturated carbocycles. The van der Waals surface area contributed by atoms with Gasteiger partial charge in [-0.3, -0.25) is 4.79 Å². The highest BCUT2D eigenvalue weighted by Gasteiger charge is 2.33. The third-order valence-electron chi connectivity index (χ3n) is 5.03. The molecule has 0 aromatic heterocycles. The molecular formula is C25H22N2O3S. The van der Waals surface area contributed by atoms with Crippen LogP contribution >= 0.6 is 12.2 Å². The van der Waals surface area contributed by atoms with Crippen molar-refractivity contribution in [3.63, 3.8) is 0 Å². The molecule has 0 aliphatic carbocycles. The number of carbonyl (C=O) groups is 1. The van der Waals surface area contributed by atoms with Gasteiger partial charge in [0, 0.05) is 5.56 Å². The topological polar surface area (TPSA) is 70.6 Å². The summed E-state index contributed by atoms with van der Waals surface area (Å²) >= 11 is 5.48. The molecule has 3 aromatic rings. The molecule has 0 unspecified atom stereocenters. The van der Waals surface area contributed by atoms with Crippen molar-refractivity contribution >= 4 is 28.8 Å². The number of nitrogens with one attached hydrogen (secondary N) is 2. The molecule has 6 heteroatoms. The Kier molecular flexibility index (Phi) is 6.00. The molecule has 156 valence electrons. The molecule has 0 fully saturated rings. The van der Waals surface area contributed by atoms with Gasteiger partial charge in [-0.2, -0.15) is 0 Å². The Labute approximate surface area is 186 Å². The lowest BCUT2D eigenvalue weighted by molar-refractivity contribution is 0.102. The standard InChI is InChI=1S/C25H22N2O3S/c1-2-30-20-15-18(13-14-19(20)28)23-21(24(29)17-11-7-4-8-12-17)22(26-25(31)27-23)16-9-5-3-6-10-16/h3-15,23,28H,2H2,1H3,(H2,26,27,31)/t23-/m1/s1. The van der Waals surface area contributed by atoms with Gasteiger partial charge in [-0.15, -0.1) is 0 Å². The molecule has 1 atom stereocenters. The third-order valence-corrected chi connectivity index (χ3v) is 5.25. The van der Waals surface area contributed by atoms with E-state index in [-0.39, 0.29) is 11.5 Å². The molecule has 1 aliphatic rings. The summed E-state index contributed by atoms with van der Waals surface area (Å²) in [6, 6.07) is 23.4. The van der Waals surface area contributed by atoms with Crippen LogP contribution in [0, 0.1) is 0 Å². The van der Waals surface area contributed by atoms with Gasteiger partial charge in [0.2, 0.25) is 0 Å². The summed E-state index contributed by atoms with van der Waals surface area (Å²) in [6.45, 7) is 2.26. The minimum Gasteiger partial charge on any atom is -0.504 e. The molecule has 3 aromatic carbocycles. The Hall–Kier alpha value is -3.64. The van der Waals surface area contributed by atoms with Gasteiger partial charge in [0.15, 0.2) is 22.4 Å². The van der Waals surface area contributed by atoms with Crippen molar-refractivity contribution in [3.8, 4) is 11.5 Å². The summed E-state index contributed by atoms with van der Waals surface area (Å²) in [4.78, 5) is 13.7. The summed E-state index contributed by atoms with van der Waals surface area (Å²) in [7, 11) is 0. The lowest BCUT2D eigenvalue weighted by Crippen LogP contribution is -2.44. The molecule has 0 bridgehead atoms. The van der Waals surface area contributed by atoms with Crippen LogP contribution in [0.4, 0.5) is 0 Å². The van der Waals surface area contributed by atoms with Crippen LogP contribution in [0.5, 0.6) is 11.5 Å². The van der Waals surface area contributed by atoms with Crippen molar-refractivity contribution in [3.05, 3.63) is 101 Å². The van der Waals surface area contributed by atoms with E-state index in [1.807, 2.05) is 55.5 Å². The van der Waals surface area contributed by atoms with E-state index in [1.165, 1.54) is 0 Å². The highest BCUT2D eigenvalue weighted by Crippen LogP contribution is 2.37. The zero-order valence-corrected chi connectivity index (χ0v) is 17.8. The van der Waals surface area contributed by atoms with E-state index >= 15 is 0 Å². The second-order valence-electron chi connectivity index (χ2n) is 7.04. The fraction of sp³-hybridized carbons (Fsp3) is 0.120. The van der Waals surface area contributed by atoms with E-state index in [2.05, 4.69) is 10.6 Å². The lowest BCUT2D eigenvalue weighted by atomic mass is 9.87. The number of rotatable bonds is 6. The molecule has 1 aliphatic heterocycles. The van der Waals surface area contributed by atoms with Crippen LogP contribution in [0.25, 0.3) is 5.70 Å². The highest BCUT2D eigenvalue weighted by atomic mass is 32.1. The van der Waals surface area contributed by atoms with Gasteiger partial charge in [-0.1, -0.05) is 66.7 Å². The first-order chi connectivity index (χ1) is 15.1. The van der Waals surface area contributed by atoms with Crippen molar-refractivity contribution < 1.29 is 14.6 Å². The molecule has 4 rings (SSSR count). The first-order valence-electron chi connectivity index (χ1n) is 10.0. The second-order valence-corrected chi connectivity index (χ2v) is 7.45. The predicted octanol–water partition coefficient (Wildman–Crippen LogP) is 4.60. The minimum atomic E-state index is -0.517. The Bertz CT molecular complexity index is 1140. The van der Waals surface area contributed by atoms with Gasteiger partial charge >= 0.3 is 0 Å². The number of ketones is 1. The largest absolute Gasteiger partial charge is 0.504 e. The van der Waals surface area contributed by atoms with Crippen molar-refractivity contribution in [1.29, 1.82) is 0 Å². The molecule has 0 spiro atoms. The molecule has 0 radical (unpaired) electrons. The Morgan fingerprint density at radius 1 is 1.03 bits per heavy atom. The van der Waals surface area contributed by atoms with E-state index < -0.39 is 6.04 Å². The highest BCUT2D eigenvalue weighted by molar-refractivity contribution is 7.80. The fourth-order valence-corrected chi connectivity index (χ4v) is 3.84. The Morgan fingerprint density at radius 3 is 2.39 bits per heavy atom. The molecular weight excluding hydrogens is 408 g/mol. The number of carbonyl (C=O) groups excluding carboxylic acids is 1. The number of Topliss-reactive ketones (excluding diaryl/α,β-unsaturated/α-hetero) is 1. The summed E-state index contributed by atoms with van der Waals surface area (Å²) in [6.07, 6.45) is 0. The lowest BCUT2D eigenvalue weighted by Gasteiger charge is -2.32. The normalized spacial score (nSPS) is 15.8. The molecule has 5 nitrogen and oxygen atoms in total. The summed E-state index contributed by atoms with van der Waals surface area (Å²) in [5, 5.41) is 17.0. The SMILES string of the molecule is CCOc1cc([C@H]2NC(=S)NC(c3ccccc3)=C2C(=O)c2ccccc2)ccc1O. The molecule has 0 amide bonds. The maximum absolute atomic E-state index is 13.7. The maximum atomic E-state index is 13.7. The zero-order chi connectivity index (χ0) is 21.8. The van der Waals surface area contributed by atoms with E-state index in [4.69, 9.17) is 17.0 Å². The summed E-state index contributed by atoms with van der Waals surface area (Å²) < 4.78 is 5.56. The average Bonchev–Trinajstić information content (AvgIpc) is 2.81. The average molecular weight is 431 g/mol. The van der Waals surface area contributed by atoms with E-state index in [9.17, 15) is 9.90 Å². The van der Waals surface area contributed by atoms with Gasteiger partial charge in [-0.25, -0.2) is 0 Å². The smallest absolute Gasteiger partial charge is 0.193 e. The van der Waals surface area contributed by atoms with Gasteiger partial charge in [-0.05, 0) is 42.4 Å². The number of phenols is 1. The number of benzene rings is 3. The Morgan fingerprint density at radius 2 is 1.71 bits per heavy atom. The predicted molar refractivity (Wildman–Crippen MR) is 125 cm³/mol. The number of ether oxygens (including phenoxy) is 1. The van der Waals surface area contributed by atoms with Gasteiger partial charge in [0.05, 0.1) is 23.9 Å². The third kappa shape index (κ3) is 4.29. The Balaban J connectivity index is 1.91. The van der Waals surface area contributed by atoms with Crippen LogP contribution in [-0.4, -0.2) is 22.6 Å². The van der Waals surface area contributed by atoms with Crippen molar-refractivity contribution in [2.45, 2.75) is 13.0 Å². The second kappa shape index (κ2) is 9.02. The van der Waals surface area contributed by atoms with Crippen LogP contribution < -0.4 is 15.4 Å². The fourth-order valence-electron chi connectivity index (χ4n) is 3.62. The first-order valence-corrected chi connectivity index (χ1v) is 10.4. The first kappa shape index (κ1) is 20.6. The van der Waals surface area contributed by atoms with Gasteiger partial charge < -0.3 is 20.5 Å². The molecule has 0 saturated heterocycles.